The van der Waals surface area contributed by atoms with Gasteiger partial charge in [-0.15, -0.1) is 0 Å². The number of halogens is 3. The fourth-order valence-corrected chi connectivity index (χ4v) is 2.14. The second kappa shape index (κ2) is 3.95. The van der Waals surface area contributed by atoms with E-state index in [0.717, 1.165) is 0 Å². The van der Waals surface area contributed by atoms with Crippen molar-refractivity contribution in [2.45, 2.75) is 45.7 Å². The van der Waals surface area contributed by atoms with Crippen LogP contribution in [0, 0.1) is 11.3 Å². The minimum absolute atomic E-state index is 0.252. The van der Waals surface area contributed by atoms with Gasteiger partial charge in [0.25, 0.3) is 0 Å². The van der Waals surface area contributed by atoms with E-state index in [4.69, 9.17) is 0 Å². The summed E-state index contributed by atoms with van der Waals surface area (Å²) in [6, 6.07) is 0. The lowest BCUT2D eigenvalue weighted by atomic mass is 9.70. The van der Waals surface area contributed by atoms with Crippen molar-refractivity contribution in [1.82, 2.24) is 0 Å². The molecule has 0 nitrogen and oxygen atoms in total. The molecule has 0 saturated heterocycles. The highest BCUT2D eigenvalue weighted by Crippen LogP contribution is 2.51. The Balaban J connectivity index is 2.84. The third-order valence-electron chi connectivity index (χ3n) is 3.22. The van der Waals surface area contributed by atoms with E-state index in [0.29, 0.717) is 18.8 Å². The number of hydrogen-bond acceptors (Lipinski definition) is 0. The average molecular weight is 206 g/mol. The van der Waals surface area contributed by atoms with Gasteiger partial charge in [0, 0.05) is 0 Å². The zero-order chi connectivity index (χ0) is 10.8. The summed E-state index contributed by atoms with van der Waals surface area (Å²) in [6.07, 6.45) is 0.666. The molecule has 0 atom stereocenters. The van der Waals surface area contributed by atoms with Gasteiger partial charge in [-0.05, 0) is 38.5 Å². The molecule has 0 bridgehead atoms. The van der Waals surface area contributed by atoms with Gasteiger partial charge in [-0.25, -0.2) is 0 Å². The molecule has 1 aliphatic carbocycles. The summed E-state index contributed by atoms with van der Waals surface area (Å²) in [4.78, 5) is 0. The Kier molecular flexibility index (Phi) is 3.28. The van der Waals surface area contributed by atoms with Crippen LogP contribution in [-0.2, 0) is 0 Å². The number of rotatable bonds is 1. The molecule has 0 N–H and O–H groups in total. The second-order valence-electron chi connectivity index (χ2n) is 4.34. The molecule has 0 radical (unpaired) electrons. The van der Waals surface area contributed by atoms with E-state index in [1.165, 1.54) is 12.2 Å². The van der Waals surface area contributed by atoms with E-state index in [1.807, 2.05) is 6.92 Å². The number of alkyl halides is 3. The third-order valence-corrected chi connectivity index (χ3v) is 3.22. The monoisotopic (exact) mass is 206 g/mol. The molecule has 0 aliphatic heterocycles. The lowest BCUT2D eigenvalue weighted by Crippen LogP contribution is -2.39. The molecule has 0 aromatic rings. The van der Waals surface area contributed by atoms with Crippen molar-refractivity contribution >= 4 is 0 Å². The van der Waals surface area contributed by atoms with Crippen LogP contribution < -0.4 is 0 Å². The zero-order valence-electron chi connectivity index (χ0n) is 8.69. The highest BCUT2D eigenvalue weighted by Gasteiger charge is 2.53. The summed E-state index contributed by atoms with van der Waals surface area (Å²) in [5.74, 6) is 0.440. The van der Waals surface area contributed by atoms with E-state index < -0.39 is 11.6 Å². The minimum Gasteiger partial charge on any atom is -0.170 e. The van der Waals surface area contributed by atoms with Gasteiger partial charge < -0.3 is 0 Å². The van der Waals surface area contributed by atoms with Crippen LogP contribution in [-0.4, -0.2) is 6.18 Å². The third kappa shape index (κ3) is 2.12. The average Bonchev–Trinajstić information content (AvgIpc) is 2.07. The molecule has 0 heterocycles. The Morgan fingerprint density at radius 3 is 2.07 bits per heavy atom. The Morgan fingerprint density at radius 1 is 1.21 bits per heavy atom. The first-order chi connectivity index (χ1) is 6.41. The SMILES string of the molecule is C/C=C/C1(C(F)(F)F)CCC(C)CC1. The number of allylic oxidation sites excluding steroid dienone is 2. The maximum atomic E-state index is 12.9. The van der Waals surface area contributed by atoms with Crippen molar-refractivity contribution in [3.05, 3.63) is 12.2 Å². The zero-order valence-corrected chi connectivity index (χ0v) is 8.69. The van der Waals surface area contributed by atoms with Crippen molar-refractivity contribution < 1.29 is 13.2 Å². The van der Waals surface area contributed by atoms with Crippen molar-refractivity contribution in [3.8, 4) is 0 Å². The van der Waals surface area contributed by atoms with Crippen LogP contribution in [0.25, 0.3) is 0 Å². The Bertz CT molecular complexity index is 207. The fraction of sp³-hybridized carbons (Fsp3) is 0.818. The van der Waals surface area contributed by atoms with Crippen LogP contribution in [0.3, 0.4) is 0 Å². The van der Waals surface area contributed by atoms with Crippen LogP contribution in [0.1, 0.15) is 39.5 Å². The summed E-state index contributed by atoms with van der Waals surface area (Å²) in [5.41, 5.74) is -1.53. The Labute approximate surface area is 83.2 Å². The molecule has 14 heavy (non-hydrogen) atoms. The summed E-state index contributed by atoms with van der Waals surface area (Å²) in [5, 5.41) is 0. The van der Waals surface area contributed by atoms with Gasteiger partial charge >= 0.3 is 6.18 Å². The van der Waals surface area contributed by atoms with Crippen LogP contribution in [0.5, 0.6) is 0 Å². The van der Waals surface area contributed by atoms with E-state index in [1.54, 1.807) is 6.92 Å². The maximum absolute atomic E-state index is 12.9. The van der Waals surface area contributed by atoms with Crippen molar-refractivity contribution in [2.75, 3.05) is 0 Å². The van der Waals surface area contributed by atoms with Gasteiger partial charge in [0.1, 0.15) is 0 Å². The normalized spacial score (nSPS) is 35.1. The second-order valence-corrected chi connectivity index (χ2v) is 4.34. The molecule has 0 unspecified atom stereocenters. The van der Waals surface area contributed by atoms with Crippen LogP contribution in [0.4, 0.5) is 13.2 Å². The molecule has 0 amide bonds. The smallest absolute Gasteiger partial charge is 0.170 e. The van der Waals surface area contributed by atoms with E-state index in [9.17, 15) is 13.2 Å². The van der Waals surface area contributed by atoms with Gasteiger partial charge in [0.05, 0.1) is 5.41 Å². The quantitative estimate of drug-likeness (QED) is 0.560. The lowest BCUT2D eigenvalue weighted by molar-refractivity contribution is -0.217. The van der Waals surface area contributed by atoms with Crippen LogP contribution in [0.2, 0.25) is 0 Å². The van der Waals surface area contributed by atoms with Gasteiger partial charge in [-0.3, -0.25) is 0 Å². The van der Waals surface area contributed by atoms with E-state index in [2.05, 4.69) is 0 Å². The molecule has 0 spiro atoms. The Morgan fingerprint density at radius 2 is 1.71 bits per heavy atom. The summed E-state index contributed by atoms with van der Waals surface area (Å²) in [7, 11) is 0. The molecule has 1 aliphatic rings. The van der Waals surface area contributed by atoms with Gasteiger partial charge in [0.15, 0.2) is 0 Å². The first kappa shape index (κ1) is 11.6. The predicted octanol–water partition coefficient (Wildman–Crippen LogP) is 4.32. The predicted molar refractivity (Wildman–Crippen MR) is 50.9 cm³/mol. The molecule has 1 saturated carbocycles. The molecule has 1 rings (SSSR count). The topological polar surface area (TPSA) is 0 Å². The Hall–Kier alpha value is -0.470. The van der Waals surface area contributed by atoms with Gasteiger partial charge in [-0.1, -0.05) is 19.1 Å². The maximum Gasteiger partial charge on any atom is 0.397 e. The summed E-state index contributed by atoms with van der Waals surface area (Å²) in [6.45, 7) is 3.68. The van der Waals surface area contributed by atoms with Crippen molar-refractivity contribution in [2.24, 2.45) is 11.3 Å². The van der Waals surface area contributed by atoms with Crippen LogP contribution >= 0.6 is 0 Å². The molecule has 3 heteroatoms. The molecule has 0 aromatic heterocycles. The first-order valence-corrected chi connectivity index (χ1v) is 5.12. The summed E-state index contributed by atoms with van der Waals surface area (Å²) < 4.78 is 38.6. The molecule has 0 aromatic carbocycles. The summed E-state index contributed by atoms with van der Waals surface area (Å²) >= 11 is 0. The first-order valence-electron chi connectivity index (χ1n) is 5.12. The molecular weight excluding hydrogens is 189 g/mol. The minimum atomic E-state index is -4.08. The highest BCUT2D eigenvalue weighted by molar-refractivity contribution is 5.05. The molecule has 82 valence electrons. The number of hydrogen-bond donors (Lipinski definition) is 0. The van der Waals surface area contributed by atoms with Crippen molar-refractivity contribution in [1.29, 1.82) is 0 Å². The van der Waals surface area contributed by atoms with Crippen molar-refractivity contribution in [3.63, 3.8) is 0 Å². The standard InChI is InChI=1S/C11H17F3/c1-3-6-10(11(12,13)14)7-4-9(2)5-8-10/h3,6,9H,4-5,7-8H2,1-2H3/b6-3+. The fourth-order valence-electron chi connectivity index (χ4n) is 2.14. The molecular formula is C11H17F3. The largest absolute Gasteiger partial charge is 0.397 e. The molecule has 1 fully saturated rings. The van der Waals surface area contributed by atoms with Gasteiger partial charge in [0.2, 0.25) is 0 Å². The van der Waals surface area contributed by atoms with Gasteiger partial charge in [-0.2, -0.15) is 13.2 Å². The highest BCUT2D eigenvalue weighted by atomic mass is 19.4. The van der Waals surface area contributed by atoms with E-state index >= 15 is 0 Å². The van der Waals surface area contributed by atoms with Crippen LogP contribution in [0.15, 0.2) is 12.2 Å². The van der Waals surface area contributed by atoms with E-state index in [-0.39, 0.29) is 12.8 Å². The lowest BCUT2D eigenvalue weighted by Gasteiger charge is -2.38.